The van der Waals surface area contributed by atoms with E-state index in [1.807, 2.05) is 0 Å². The van der Waals surface area contributed by atoms with Gasteiger partial charge in [-0.15, -0.1) is 0 Å². The lowest BCUT2D eigenvalue weighted by atomic mass is 10.2. The molecule has 2 N–H and O–H groups in total. The summed E-state index contributed by atoms with van der Waals surface area (Å²) < 4.78 is 12.5. The molecule has 1 aromatic rings. The smallest absolute Gasteiger partial charge is 0.165 e. The Bertz CT molecular complexity index is 294. The van der Waals surface area contributed by atoms with Crippen LogP contribution in [0.25, 0.3) is 5.76 Å². The summed E-state index contributed by atoms with van der Waals surface area (Å²) in [6, 6.07) is 3.55. The molecule has 1 aromatic carbocycles. The van der Waals surface area contributed by atoms with Crippen LogP contribution in [0.5, 0.6) is 5.75 Å². The molecule has 58 valence electrons. The third-order valence-corrected chi connectivity index (χ3v) is 1.28. The lowest BCUT2D eigenvalue weighted by Crippen LogP contribution is -1.82. The Morgan fingerprint density at radius 2 is 2.09 bits per heavy atom. The molecular weight excluding hydrogens is 147 g/mol. The SMILES string of the molecule is C=C(O)c1ccc(O)c(F)c1. The summed E-state index contributed by atoms with van der Waals surface area (Å²) in [5.41, 5.74) is 0.264. The van der Waals surface area contributed by atoms with E-state index in [0.29, 0.717) is 0 Å². The first-order valence-corrected chi connectivity index (χ1v) is 2.98. The maximum atomic E-state index is 12.5. The van der Waals surface area contributed by atoms with Gasteiger partial charge in [0.1, 0.15) is 5.76 Å². The van der Waals surface area contributed by atoms with Crippen LogP contribution in [0, 0.1) is 5.82 Å². The average molecular weight is 154 g/mol. The molecule has 0 aliphatic rings. The molecule has 0 heterocycles. The number of phenols is 1. The molecule has 0 fully saturated rings. The Morgan fingerprint density at radius 3 is 2.55 bits per heavy atom. The fraction of sp³-hybridized carbons (Fsp3) is 0. The third-order valence-electron chi connectivity index (χ3n) is 1.28. The minimum Gasteiger partial charge on any atom is -0.508 e. The summed E-state index contributed by atoms with van der Waals surface area (Å²) >= 11 is 0. The second-order valence-corrected chi connectivity index (χ2v) is 2.11. The largest absolute Gasteiger partial charge is 0.508 e. The highest BCUT2D eigenvalue weighted by Gasteiger charge is 2.02. The first-order chi connectivity index (χ1) is 5.11. The van der Waals surface area contributed by atoms with Crippen molar-refractivity contribution in [2.24, 2.45) is 0 Å². The summed E-state index contributed by atoms with van der Waals surface area (Å²) in [7, 11) is 0. The van der Waals surface area contributed by atoms with Gasteiger partial charge in [-0.05, 0) is 18.2 Å². The lowest BCUT2D eigenvalue weighted by Gasteiger charge is -1.98. The lowest BCUT2D eigenvalue weighted by molar-refractivity contribution is 0.431. The van der Waals surface area contributed by atoms with Gasteiger partial charge in [0.2, 0.25) is 0 Å². The van der Waals surface area contributed by atoms with E-state index in [4.69, 9.17) is 10.2 Å². The first-order valence-electron chi connectivity index (χ1n) is 2.98. The van der Waals surface area contributed by atoms with Gasteiger partial charge in [-0.1, -0.05) is 6.58 Å². The molecule has 2 nitrogen and oxygen atoms in total. The molecular formula is C8H7FO2. The van der Waals surface area contributed by atoms with Gasteiger partial charge in [0, 0.05) is 5.56 Å². The maximum Gasteiger partial charge on any atom is 0.165 e. The van der Waals surface area contributed by atoms with Gasteiger partial charge in [-0.3, -0.25) is 0 Å². The molecule has 0 saturated carbocycles. The van der Waals surface area contributed by atoms with Gasteiger partial charge in [0.15, 0.2) is 11.6 Å². The van der Waals surface area contributed by atoms with E-state index in [0.717, 1.165) is 12.1 Å². The molecule has 0 bridgehead atoms. The zero-order chi connectivity index (χ0) is 8.43. The molecule has 0 saturated heterocycles. The number of benzene rings is 1. The molecule has 0 unspecified atom stereocenters. The van der Waals surface area contributed by atoms with Crippen molar-refractivity contribution in [3.05, 3.63) is 36.2 Å². The first kappa shape index (κ1) is 7.60. The summed E-state index contributed by atoms with van der Waals surface area (Å²) in [5, 5.41) is 17.5. The maximum absolute atomic E-state index is 12.5. The van der Waals surface area contributed by atoms with Gasteiger partial charge >= 0.3 is 0 Å². The second kappa shape index (κ2) is 2.62. The van der Waals surface area contributed by atoms with Crippen LogP contribution in [0.15, 0.2) is 24.8 Å². The van der Waals surface area contributed by atoms with Crippen molar-refractivity contribution in [2.75, 3.05) is 0 Å². The summed E-state index contributed by atoms with van der Waals surface area (Å²) in [6.07, 6.45) is 0. The molecule has 0 aromatic heterocycles. The quantitative estimate of drug-likeness (QED) is 0.608. The van der Waals surface area contributed by atoms with Gasteiger partial charge < -0.3 is 10.2 Å². The molecule has 0 aliphatic carbocycles. The standard InChI is InChI=1S/C8H7FO2/c1-5(10)6-2-3-8(11)7(9)4-6/h2-4,10-11H,1H2. The Hall–Kier alpha value is -1.51. The molecule has 1 rings (SSSR count). The third kappa shape index (κ3) is 1.49. The van der Waals surface area contributed by atoms with Crippen molar-refractivity contribution in [2.45, 2.75) is 0 Å². The Balaban J connectivity index is 3.15. The van der Waals surface area contributed by atoms with Crippen molar-refractivity contribution < 1.29 is 14.6 Å². The van der Waals surface area contributed by atoms with Crippen molar-refractivity contribution >= 4 is 5.76 Å². The van der Waals surface area contributed by atoms with E-state index in [-0.39, 0.29) is 11.3 Å². The van der Waals surface area contributed by atoms with E-state index < -0.39 is 11.6 Å². The normalized spacial score (nSPS) is 9.55. The number of halogens is 1. The highest BCUT2D eigenvalue weighted by molar-refractivity contribution is 5.56. The van der Waals surface area contributed by atoms with E-state index >= 15 is 0 Å². The van der Waals surface area contributed by atoms with Crippen molar-refractivity contribution in [3.63, 3.8) is 0 Å². The summed E-state index contributed by atoms with van der Waals surface area (Å²) in [6.45, 7) is 3.20. The van der Waals surface area contributed by atoms with Crippen LogP contribution < -0.4 is 0 Å². The number of aliphatic hydroxyl groups is 1. The predicted molar refractivity (Wildman–Crippen MR) is 39.7 cm³/mol. The van der Waals surface area contributed by atoms with Gasteiger partial charge in [0.25, 0.3) is 0 Å². The summed E-state index contributed by atoms with van der Waals surface area (Å²) in [4.78, 5) is 0. The molecule has 0 atom stereocenters. The van der Waals surface area contributed by atoms with E-state index in [1.165, 1.54) is 6.07 Å². The van der Waals surface area contributed by atoms with Crippen molar-refractivity contribution in [3.8, 4) is 5.75 Å². The van der Waals surface area contributed by atoms with Crippen LogP contribution in [0.1, 0.15) is 5.56 Å². The van der Waals surface area contributed by atoms with Crippen molar-refractivity contribution in [1.82, 2.24) is 0 Å². The topological polar surface area (TPSA) is 40.5 Å². The molecule has 0 radical (unpaired) electrons. The van der Waals surface area contributed by atoms with Gasteiger partial charge in [0.05, 0.1) is 0 Å². The van der Waals surface area contributed by atoms with Crippen LogP contribution in [0.2, 0.25) is 0 Å². The molecule has 11 heavy (non-hydrogen) atoms. The number of aliphatic hydroxyl groups excluding tert-OH is 1. The second-order valence-electron chi connectivity index (χ2n) is 2.11. The number of hydrogen-bond donors (Lipinski definition) is 2. The average Bonchev–Trinajstić information content (AvgIpc) is 1.94. The Morgan fingerprint density at radius 1 is 1.45 bits per heavy atom. The van der Waals surface area contributed by atoms with Crippen LogP contribution in [-0.2, 0) is 0 Å². The molecule has 3 heteroatoms. The molecule has 0 aliphatic heterocycles. The van der Waals surface area contributed by atoms with Crippen LogP contribution >= 0.6 is 0 Å². The highest BCUT2D eigenvalue weighted by atomic mass is 19.1. The Kier molecular flexibility index (Phi) is 1.81. The number of hydrogen-bond acceptors (Lipinski definition) is 2. The predicted octanol–water partition coefficient (Wildman–Crippen LogP) is 2.06. The number of aromatic hydroxyl groups is 1. The highest BCUT2D eigenvalue weighted by Crippen LogP contribution is 2.18. The van der Waals surface area contributed by atoms with Crippen LogP contribution in [0.4, 0.5) is 4.39 Å². The van der Waals surface area contributed by atoms with Gasteiger partial charge in [-0.2, -0.15) is 0 Å². The molecule has 0 spiro atoms. The summed E-state index contributed by atoms with van der Waals surface area (Å²) in [5.74, 6) is -1.42. The van der Waals surface area contributed by atoms with E-state index in [2.05, 4.69) is 6.58 Å². The van der Waals surface area contributed by atoms with Crippen LogP contribution in [-0.4, -0.2) is 10.2 Å². The number of phenolic OH excluding ortho intramolecular Hbond substituents is 1. The van der Waals surface area contributed by atoms with Crippen molar-refractivity contribution in [1.29, 1.82) is 0 Å². The fourth-order valence-electron chi connectivity index (χ4n) is 0.686. The zero-order valence-corrected chi connectivity index (χ0v) is 5.71. The fourth-order valence-corrected chi connectivity index (χ4v) is 0.686. The zero-order valence-electron chi connectivity index (χ0n) is 5.71. The van der Waals surface area contributed by atoms with E-state index in [9.17, 15) is 4.39 Å². The minimum atomic E-state index is -0.766. The van der Waals surface area contributed by atoms with Crippen LogP contribution in [0.3, 0.4) is 0 Å². The van der Waals surface area contributed by atoms with Gasteiger partial charge in [-0.25, -0.2) is 4.39 Å². The minimum absolute atomic E-state index is 0.219. The van der Waals surface area contributed by atoms with E-state index in [1.54, 1.807) is 0 Å². The Labute approximate surface area is 63.2 Å². The molecule has 0 amide bonds. The number of rotatable bonds is 1. The monoisotopic (exact) mass is 154 g/mol.